The monoisotopic (exact) mass is 384 g/mol. The van der Waals surface area contributed by atoms with E-state index in [4.69, 9.17) is 11.6 Å². The second-order valence-corrected chi connectivity index (χ2v) is 7.09. The lowest BCUT2D eigenvalue weighted by molar-refractivity contribution is -0.129. The number of anilines is 1. The molecule has 140 valence electrons. The van der Waals surface area contributed by atoms with Gasteiger partial charge >= 0.3 is 0 Å². The summed E-state index contributed by atoms with van der Waals surface area (Å²) in [6.07, 6.45) is 4.40. The average Bonchev–Trinajstić information content (AvgIpc) is 3.31. The Kier molecular flexibility index (Phi) is 4.94. The van der Waals surface area contributed by atoms with Crippen molar-refractivity contribution in [1.82, 2.24) is 24.6 Å². The summed E-state index contributed by atoms with van der Waals surface area (Å²) in [6.45, 7) is 4.13. The fourth-order valence-electron chi connectivity index (χ4n) is 3.36. The standard InChI is InChI=1S/C19H21ClN6O/c1-13-23-18(21-8-7-17(27)25-9-2-3-10-25)16-12-22-26(19(16)24-13)15-6-4-5-14(20)11-15/h4-6,11-12H,2-3,7-10H2,1H3,(H,21,23,24). The van der Waals surface area contributed by atoms with Gasteiger partial charge in [0.15, 0.2) is 5.65 Å². The van der Waals surface area contributed by atoms with Crippen LogP contribution in [0.1, 0.15) is 25.1 Å². The van der Waals surface area contributed by atoms with Gasteiger partial charge in [-0.25, -0.2) is 14.6 Å². The highest BCUT2D eigenvalue weighted by molar-refractivity contribution is 6.30. The predicted molar refractivity (Wildman–Crippen MR) is 105 cm³/mol. The van der Waals surface area contributed by atoms with Crippen molar-refractivity contribution in [3.05, 3.63) is 41.3 Å². The Bertz CT molecular complexity index is 979. The summed E-state index contributed by atoms with van der Waals surface area (Å²) >= 11 is 6.11. The van der Waals surface area contributed by atoms with Crippen LogP contribution in [-0.2, 0) is 4.79 Å². The molecule has 0 aliphatic carbocycles. The third-order valence-electron chi connectivity index (χ3n) is 4.68. The number of nitrogens with zero attached hydrogens (tertiary/aromatic N) is 5. The lowest BCUT2D eigenvalue weighted by Crippen LogP contribution is -2.29. The fourth-order valence-corrected chi connectivity index (χ4v) is 3.55. The van der Waals surface area contributed by atoms with Crippen LogP contribution in [0.2, 0.25) is 5.02 Å². The quantitative estimate of drug-likeness (QED) is 0.731. The van der Waals surface area contributed by atoms with Gasteiger partial charge < -0.3 is 10.2 Å². The summed E-state index contributed by atoms with van der Waals surface area (Å²) in [6, 6.07) is 7.47. The molecule has 0 radical (unpaired) electrons. The molecule has 8 heteroatoms. The Morgan fingerprint density at radius 1 is 1.26 bits per heavy atom. The van der Waals surface area contributed by atoms with Crippen LogP contribution in [-0.4, -0.2) is 50.2 Å². The van der Waals surface area contributed by atoms with Gasteiger partial charge in [-0.1, -0.05) is 17.7 Å². The summed E-state index contributed by atoms with van der Waals surface area (Å²) in [7, 11) is 0. The van der Waals surface area contributed by atoms with Crippen molar-refractivity contribution < 1.29 is 4.79 Å². The average molecular weight is 385 g/mol. The van der Waals surface area contributed by atoms with E-state index in [2.05, 4.69) is 20.4 Å². The number of aromatic nitrogens is 4. The van der Waals surface area contributed by atoms with Crippen molar-refractivity contribution in [3.8, 4) is 5.69 Å². The number of likely N-dealkylation sites (tertiary alicyclic amines) is 1. The number of rotatable bonds is 5. The first-order valence-corrected chi connectivity index (χ1v) is 9.49. The van der Waals surface area contributed by atoms with Crippen molar-refractivity contribution in [2.24, 2.45) is 0 Å². The van der Waals surface area contributed by atoms with E-state index >= 15 is 0 Å². The molecule has 2 aromatic heterocycles. The molecule has 0 unspecified atom stereocenters. The summed E-state index contributed by atoms with van der Waals surface area (Å²) in [5.41, 5.74) is 1.55. The molecule has 1 aliphatic rings. The molecule has 1 aromatic carbocycles. The van der Waals surface area contributed by atoms with Crippen molar-refractivity contribution in [2.75, 3.05) is 25.0 Å². The molecule has 27 heavy (non-hydrogen) atoms. The molecule has 3 heterocycles. The van der Waals surface area contributed by atoms with Crippen LogP contribution in [0.5, 0.6) is 0 Å². The molecule has 3 aromatic rings. The number of fused-ring (bicyclic) bond motifs is 1. The zero-order chi connectivity index (χ0) is 18.8. The number of carbonyl (C=O) groups excluding carboxylic acids is 1. The summed E-state index contributed by atoms with van der Waals surface area (Å²) in [5, 5.41) is 9.19. The van der Waals surface area contributed by atoms with Crippen LogP contribution in [0, 0.1) is 6.92 Å². The SMILES string of the molecule is Cc1nc(NCCC(=O)N2CCCC2)c2cnn(-c3cccc(Cl)c3)c2n1. The second-order valence-electron chi connectivity index (χ2n) is 6.66. The molecule has 1 amide bonds. The molecule has 1 fully saturated rings. The van der Waals surface area contributed by atoms with E-state index in [-0.39, 0.29) is 5.91 Å². The number of nitrogens with one attached hydrogen (secondary N) is 1. The molecule has 0 spiro atoms. The number of hydrogen-bond acceptors (Lipinski definition) is 5. The molecule has 1 saturated heterocycles. The maximum absolute atomic E-state index is 12.2. The van der Waals surface area contributed by atoms with Crippen LogP contribution >= 0.6 is 11.6 Å². The normalized spacial score (nSPS) is 14.1. The Hall–Kier alpha value is -2.67. The Labute approximate surface area is 162 Å². The van der Waals surface area contributed by atoms with Crippen molar-refractivity contribution in [1.29, 1.82) is 0 Å². The number of amides is 1. The summed E-state index contributed by atoms with van der Waals surface area (Å²) in [4.78, 5) is 23.2. The smallest absolute Gasteiger partial charge is 0.224 e. The number of halogens is 1. The maximum atomic E-state index is 12.2. The van der Waals surface area contributed by atoms with Gasteiger partial charge in [0.1, 0.15) is 11.6 Å². The predicted octanol–water partition coefficient (Wildman–Crippen LogP) is 3.20. The van der Waals surface area contributed by atoms with Crippen molar-refractivity contribution in [2.45, 2.75) is 26.2 Å². The van der Waals surface area contributed by atoms with Gasteiger partial charge in [-0.3, -0.25) is 4.79 Å². The number of benzene rings is 1. The first-order valence-electron chi connectivity index (χ1n) is 9.12. The van der Waals surface area contributed by atoms with Gasteiger partial charge in [0.2, 0.25) is 5.91 Å². The largest absolute Gasteiger partial charge is 0.369 e. The number of hydrogen-bond donors (Lipinski definition) is 1. The topological polar surface area (TPSA) is 75.9 Å². The summed E-state index contributed by atoms with van der Waals surface area (Å²) in [5.74, 6) is 1.52. The minimum Gasteiger partial charge on any atom is -0.369 e. The van der Waals surface area contributed by atoms with E-state index in [0.29, 0.717) is 35.3 Å². The van der Waals surface area contributed by atoms with E-state index in [1.54, 1.807) is 10.9 Å². The molecular weight excluding hydrogens is 364 g/mol. The van der Waals surface area contributed by atoms with Gasteiger partial charge in [-0.15, -0.1) is 0 Å². The number of aryl methyl sites for hydroxylation is 1. The van der Waals surface area contributed by atoms with E-state index in [1.165, 1.54) is 0 Å². The first-order chi connectivity index (χ1) is 13.1. The van der Waals surface area contributed by atoms with E-state index in [9.17, 15) is 4.79 Å². The maximum Gasteiger partial charge on any atom is 0.224 e. The van der Waals surface area contributed by atoms with Gasteiger partial charge in [0.05, 0.1) is 17.3 Å². The molecule has 1 N–H and O–H groups in total. The van der Waals surface area contributed by atoms with Crippen LogP contribution in [0.25, 0.3) is 16.7 Å². The van der Waals surface area contributed by atoms with Gasteiger partial charge in [-0.05, 0) is 38.0 Å². The fraction of sp³-hybridized carbons (Fsp3) is 0.368. The Balaban J connectivity index is 1.55. The minimum absolute atomic E-state index is 0.191. The third kappa shape index (κ3) is 3.73. The van der Waals surface area contributed by atoms with Gasteiger partial charge in [0.25, 0.3) is 0 Å². The van der Waals surface area contributed by atoms with Gasteiger partial charge in [-0.2, -0.15) is 5.10 Å². The number of carbonyl (C=O) groups is 1. The molecule has 7 nitrogen and oxygen atoms in total. The molecule has 0 atom stereocenters. The van der Waals surface area contributed by atoms with Crippen molar-refractivity contribution in [3.63, 3.8) is 0 Å². The Morgan fingerprint density at radius 3 is 2.85 bits per heavy atom. The van der Waals surface area contributed by atoms with E-state index in [0.717, 1.165) is 37.0 Å². The highest BCUT2D eigenvalue weighted by Gasteiger charge is 2.18. The first kappa shape index (κ1) is 17.7. The zero-order valence-corrected chi connectivity index (χ0v) is 15.9. The van der Waals surface area contributed by atoms with Gasteiger partial charge in [0, 0.05) is 31.1 Å². The second kappa shape index (κ2) is 7.52. The molecular formula is C19H21ClN6O. The van der Waals surface area contributed by atoms with E-state index in [1.807, 2.05) is 36.1 Å². The zero-order valence-electron chi connectivity index (χ0n) is 15.2. The Morgan fingerprint density at radius 2 is 2.07 bits per heavy atom. The van der Waals surface area contributed by atoms with Crippen LogP contribution in [0.15, 0.2) is 30.5 Å². The highest BCUT2D eigenvalue weighted by atomic mass is 35.5. The molecule has 0 saturated carbocycles. The molecule has 4 rings (SSSR count). The van der Waals surface area contributed by atoms with Crippen LogP contribution in [0.3, 0.4) is 0 Å². The molecule has 1 aliphatic heterocycles. The van der Waals surface area contributed by atoms with Crippen molar-refractivity contribution >= 4 is 34.4 Å². The van der Waals surface area contributed by atoms with Crippen LogP contribution < -0.4 is 5.32 Å². The minimum atomic E-state index is 0.191. The van der Waals surface area contributed by atoms with Crippen LogP contribution in [0.4, 0.5) is 5.82 Å². The molecule has 0 bridgehead atoms. The summed E-state index contributed by atoms with van der Waals surface area (Å²) < 4.78 is 1.75. The van der Waals surface area contributed by atoms with E-state index < -0.39 is 0 Å². The highest BCUT2D eigenvalue weighted by Crippen LogP contribution is 2.24. The third-order valence-corrected chi connectivity index (χ3v) is 4.92. The lowest BCUT2D eigenvalue weighted by Gasteiger charge is -2.15. The lowest BCUT2D eigenvalue weighted by atomic mass is 10.3.